The third-order valence-corrected chi connectivity index (χ3v) is 5.21. The van der Waals surface area contributed by atoms with Gasteiger partial charge >= 0.3 is 5.97 Å². The van der Waals surface area contributed by atoms with Crippen LogP contribution in [0.5, 0.6) is 0 Å². The van der Waals surface area contributed by atoms with Gasteiger partial charge in [0.05, 0.1) is 11.7 Å². The number of carboxylic acid groups (broad SMARTS) is 1. The molecule has 24 heavy (non-hydrogen) atoms. The first-order valence-corrected chi connectivity index (χ1v) is 8.34. The van der Waals surface area contributed by atoms with Crippen molar-refractivity contribution >= 4 is 11.9 Å². The first-order valence-electron chi connectivity index (χ1n) is 8.34. The van der Waals surface area contributed by atoms with E-state index in [9.17, 15) is 14.7 Å². The van der Waals surface area contributed by atoms with Crippen molar-refractivity contribution in [3.05, 3.63) is 23.2 Å². The molecule has 0 aromatic carbocycles. The van der Waals surface area contributed by atoms with E-state index < -0.39 is 22.8 Å². The Kier molecular flexibility index (Phi) is 4.81. The topological polar surface area (TPSA) is 88.8 Å². The molecule has 1 aliphatic carbocycles. The standard InChI is InChI=1S/C18H27NO5/c1-7-23-14-9-18(16(21)22,17(14,5)6)19-15(20)12-8-13(10(2)3)24-11(12)4/h8,10,14H,7,9H2,1-6H3,(H,19,20)(H,21,22)/t14-,18-/m1/s1. The Morgan fingerprint density at radius 2 is 2.08 bits per heavy atom. The number of hydrogen-bond acceptors (Lipinski definition) is 4. The molecule has 1 aromatic heterocycles. The normalized spacial score (nSPS) is 25.4. The van der Waals surface area contributed by atoms with E-state index in [1.54, 1.807) is 13.0 Å². The lowest BCUT2D eigenvalue weighted by Crippen LogP contribution is -2.76. The molecule has 6 nitrogen and oxygen atoms in total. The Labute approximate surface area is 142 Å². The third-order valence-electron chi connectivity index (χ3n) is 5.21. The maximum Gasteiger partial charge on any atom is 0.330 e. The van der Waals surface area contributed by atoms with Crippen molar-refractivity contribution < 1.29 is 23.8 Å². The molecule has 1 heterocycles. The summed E-state index contributed by atoms with van der Waals surface area (Å²) < 4.78 is 11.2. The number of aryl methyl sites for hydroxylation is 1. The Hall–Kier alpha value is -1.82. The Bertz CT molecular complexity index is 646. The molecule has 0 radical (unpaired) electrons. The molecule has 0 saturated heterocycles. The molecule has 1 aromatic rings. The van der Waals surface area contributed by atoms with Gasteiger partial charge in [0.2, 0.25) is 0 Å². The van der Waals surface area contributed by atoms with Crippen LogP contribution in [0.15, 0.2) is 10.5 Å². The lowest BCUT2D eigenvalue weighted by molar-refractivity contribution is -0.190. The highest BCUT2D eigenvalue weighted by Gasteiger charge is 2.66. The van der Waals surface area contributed by atoms with Crippen molar-refractivity contribution in [2.45, 2.75) is 65.5 Å². The Balaban J connectivity index is 2.27. The molecule has 0 unspecified atom stereocenters. The second-order valence-electron chi connectivity index (χ2n) is 7.31. The largest absolute Gasteiger partial charge is 0.479 e. The molecule has 0 bridgehead atoms. The lowest BCUT2D eigenvalue weighted by atomic mass is 9.54. The summed E-state index contributed by atoms with van der Waals surface area (Å²) >= 11 is 0. The smallest absolute Gasteiger partial charge is 0.330 e. The summed E-state index contributed by atoms with van der Waals surface area (Å²) in [5, 5.41) is 12.5. The zero-order valence-electron chi connectivity index (χ0n) is 15.2. The van der Waals surface area contributed by atoms with Gasteiger partial charge in [0.1, 0.15) is 17.1 Å². The fraction of sp³-hybridized carbons (Fsp3) is 0.667. The van der Waals surface area contributed by atoms with Crippen LogP contribution in [0.1, 0.15) is 68.8 Å². The van der Waals surface area contributed by atoms with E-state index in [4.69, 9.17) is 9.15 Å². The minimum Gasteiger partial charge on any atom is -0.479 e. The molecule has 2 rings (SSSR count). The first-order chi connectivity index (χ1) is 11.1. The number of carbonyl (C=O) groups is 2. The van der Waals surface area contributed by atoms with E-state index in [2.05, 4.69) is 5.32 Å². The third kappa shape index (κ3) is 2.73. The highest BCUT2D eigenvalue weighted by Crippen LogP contribution is 2.51. The number of amides is 1. The van der Waals surface area contributed by atoms with E-state index in [-0.39, 0.29) is 18.4 Å². The van der Waals surface area contributed by atoms with Gasteiger partial charge in [-0.1, -0.05) is 27.7 Å². The van der Waals surface area contributed by atoms with Crippen LogP contribution in [0.25, 0.3) is 0 Å². The monoisotopic (exact) mass is 337 g/mol. The van der Waals surface area contributed by atoms with Crippen LogP contribution in [0, 0.1) is 12.3 Å². The van der Waals surface area contributed by atoms with Crippen molar-refractivity contribution in [3.63, 3.8) is 0 Å². The van der Waals surface area contributed by atoms with Gasteiger partial charge in [0, 0.05) is 24.4 Å². The minimum atomic E-state index is -1.34. The molecule has 134 valence electrons. The van der Waals surface area contributed by atoms with E-state index in [1.165, 1.54) is 0 Å². The van der Waals surface area contributed by atoms with Gasteiger partial charge in [0.25, 0.3) is 5.91 Å². The van der Waals surface area contributed by atoms with Gasteiger partial charge in [-0.25, -0.2) is 4.79 Å². The zero-order valence-corrected chi connectivity index (χ0v) is 15.2. The lowest BCUT2D eigenvalue weighted by Gasteiger charge is -2.58. The predicted molar refractivity (Wildman–Crippen MR) is 89.2 cm³/mol. The fourth-order valence-corrected chi connectivity index (χ4v) is 3.31. The number of furan rings is 1. The quantitative estimate of drug-likeness (QED) is 0.832. The Morgan fingerprint density at radius 3 is 2.50 bits per heavy atom. The van der Waals surface area contributed by atoms with Gasteiger partial charge < -0.3 is 19.6 Å². The molecule has 1 saturated carbocycles. The summed E-state index contributed by atoms with van der Waals surface area (Å²) in [6.45, 7) is 11.7. The Morgan fingerprint density at radius 1 is 1.46 bits per heavy atom. The van der Waals surface area contributed by atoms with Gasteiger partial charge in [-0.15, -0.1) is 0 Å². The van der Waals surface area contributed by atoms with E-state index >= 15 is 0 Å². The van der Waals surface area contributed by atoms with Gasteiger partial charge in [-0.3, -0.25) is 4.79 Å². The van der Waals surface area contributed by atoms with Crippen molar-refractivity contribution in [1.29, 1.82) is 0 Å². The number of carbonyl (C=O) groups excluding carboxylic acids is 1. The van der Waals surface area contributed by atoms with Crippen LogP contribution >= 0.6 is 0 Å². The van der Waals surface area contributed by atoms with E-state index in [0.717, 1.165) is 0 Å². The van der Waals surface area contributed by atoms with Gasteiger partial charge in [-0.2, -0.15) is 0 Å². The number of nitrogens with one attached hydrogen (secondary N) is 1. The molecule has 1 fully saturated rings. The van der Waals surface area contributed by atoms with Crippen molar-refractivity contribution in [1.82, 2.24) is 5.32 Å². The van der Waals surface area contributed by atoms with Crippen molar-refractivity contribution in [2.75, 3.05) is 6.61 Å². The molecule has 6 heteroatoms. The average molecular weight is 337 g/mol. The number of aliphatic carboxylic acids is 1. The average Bonchev–Trinajstić information content (AvgIpc) is 2.87. The number of ether oxygens (including phenoxy) is 1. The minimum absolute atomic E-state index is 0.154. The maximum absolute atomic E-state index is 12.7. The molecule has 1 aliphatic rings. The number of rotatable bonds is 6. The highest BCUT2D eigenvalue weighted by atomic mass is 16.5. The second-order valence-corrected chi connectivity index (χ2v) is 7.31. The van der Waals surface area contributed by atoms with Gasteiger partial charge in [-0.05, 0) is 19.9 Å². The van der Waals surface area contributed by atoms with E-state index in [1.807, 2.05) is 34.6 Å². The summed E-state index contributed by atoms with van der Waals surface area (Å²) in [6, 6.07) is 1.69. The van der Waals surface area contributed by atoms with Crippen LogP contribution in [-0.2, 0) is 9.53 Å². The predicted octanol–water partition coefficient (Wildman–Crippen LogP) is 3.10. The molecule has 1 amide bonds. The first kappa shape index (κ1) is 18.5. The zero-order chi connectivity index (χ0) is 18.3. The molecule has 2 atom stereocenters. The maximum atomic E-state index is 12.7. The molecule has 2 N–H and O–H groups in total. The van der Waals surface area contributed by atoms with Crippen LogP contribution in [0.4, 0.5) is 0 Å². The molecule has 0 aliphatic heterocycles. The SMILES string of the molecule is CCO[C@@H]1C[C@@](NC(=O)c2cc(C(C)C)oc2C)(C(=O)O)C1(C)C. The molecular weight excluding hydrogens is 310 g/mol. The highest BCUT2D eigenvalue weighted by molar-refractivity contribution is 5.99. The van der Waals surface area contributed by atoms with Crippen LogP contribution in [-0.4, -0.2) is 35.2 Å². The van der Waals surface area contributed by atoms with Crippen LogP contribution in [0.3, 0.4) is 0 Å². The summed E-state index contributed by atoms with van der Waals surface area (Å²) in [5.41, 5.74) is -1.66. The summed E-state index contributed by atoms with van der Waals surface area (Å²) in [6.07, 6.45) is 0.0543. The fourth-order valence-electron chi connectivity index (χ4n) is 3.31. The van der Waals surface area contributed by atoms with Crippen LogP contribution in [0.2, 0.25) is 0 Å². The summed E-state index contributed by atoms with van der Waals surface area (Å²) in [4.78, 5) is 24.6. The van der Waals surface area contributed by atoms with Crippen LogP contribution < -0.4 is 5.32 Å². The van der Waals surface area contributed by atoms with Crippen molar-refractivity contribution in [3.8, 4) is 0 Å². The summed E-state index contributed by atoms with van der Waals surface area (Å²) in [5.74, 6) is -0.103. The van der Waals surface area contributed by atoms with Crippen molar-refractivity contribution in [2.24, 2.45) is 5.41 Å². The van der Waals surface area contributed by atoms with Gasteiger partial charge in [0.15, 0.2) is 0 Å². The molecular formula is C18H27NO5. The molecule has 0 spiro atoms. The second kappa shape index (κ2) is 6.24. The number of carboxylic acids is 1. The number of hydrogen-bond donors (Lipinski definition) is 2. The van der Waals surface area contributed by atoms with E-state index in [0.29, 0.717) is 23.7 Å². The summed E-state index contributed by atoms with van der Waals surface area (Å²) in [7, 11) is 0.